The van der Waals surface area contributed by atoms with Crippen LogP contribution in [-0.2, 0) is 25.7 Å². The van der Waals surface area contributed by atoms with Gasteiger partial charge in [-0.3, -0.25) is 9.69 Å². The SMILES string of the molecule is CCCCN1C(=O)NC(c2cccc(NC(=O)COCc3ccccc3)c2)C(C(=O)OCC)=C1c1ccccc1. The highest BCUT2D eigenvalue weighted by atomic mass is 16.5. The molecule has 0 saturated heterocycles. The predicted molar refractivity (Wildman–Crippen MR) is 154 cm³/mol. The van der Waals surface area contributed by atoms with Gasteiger partial charge in [-0.25, -0.2) is 9.59 Å². The van der Waals surface area contributed by atoms with E-state index in [4.69, 9.17) is 9.47 Å². The minimum Gasteiger partial charge on any atom is -0.463 e. The minimum atomic E-state index is -0.772. The van der Waals surface area contributed by atoms with Crippen LogP contribution >= 0.6 is 0 Å². The van der Waals surface area contributed by atoms with Crippen LogP contribution in [-0.4, -0.2) is 42.6 Å². The number of nitrogens with zero attached hydrogens (tertiary/aromatic N) is 1. The van der Waals surface area contributed by atoms with Crippen molar-refractivity contribution in [3.05, 3.63) is 107 Å². The fourth-order valence-electron chi connectivity index (χ4n) is 4.60. The number of hydrogen-bond donors (Lipinski definition) is 2. The van der Waals surface area contributed by atoms with Crippen LogP contribution in [0.3, 0.4) is 0 Å². The molecule has 0 aliphatic carbocycles. The second-order valence-electron chi connectivity index (χ2n) is 9.39. The molecule has 8 nitrogen and oxygen atoms in total. The Morgan fingerprint density at radius 3 is 2.38 bits per heavy atom. The van der Waals surface area contributed by atoms with E-state index >= 15 is 0 Å². The van der Waals surface area contributed by atoms with Gasteiger partial charge in [-0.05, 0) is 42.2 Å². The lowest BCUT2D eigenvalue weighted by Crippen LogP contribution is -2.48. The van der Waals surface area contributed by atoms with Crippen molar-refractivity contribution in [1.82, 2.24) is 10.2 Å². The number of benzene rings is 3. The normalized spacial score (nSPS) is 15.0. The van der Waals surface area contributed by atoms with Crippen LogP contribution in [0.15, 0.2) is 90.5 Å². The number of anilines is 1. The highest BCUT2D eigenvalue weighted by Crippen LogP contribution is 2.37. The maximum atomic E-state index is 13.4. The van der Waals surface area contributed by atoms with Gasteiger partial charge in [0, 0.05) is 12.2 Å². The van der Waals surface area contributed by atoms with E-state index in [9.17, 15) is 14.4 Å². The first kappa shape index (κ1) is 28.6. The molecule has 1 heterocycles. The minimum absolute atomic E-state index is 0.113. The number of hydrogen-bond acceptors (Lipinski definition) is 5. The van der Waals surface area contributed by atoms with Crippen LogP contribution in [0, 0.1) is 0 Å². The topological polar surface area (TPSA) is 97.0 Å². The molecule has 2 N–H and O–H groups in total. The summed E-state index contributed by atoms with van der Waals surface area (Å²) in [5.74, 6) is -0.811. The number of rotatable bonds is 12. The molecule has 0 aromatic heterocycles. The molecule has 1 unspecified atom stereocenters. The second kappa shape index (κ2) is 14.1. The first-order chi connectivity index (χ1) is 19.5. The zero-order valence-corrected chi connectivity index (χ0v) is 22.9. The van der Waals surface area contributed by atoms with Crippen LogP contribution < -0.4 is 10.6 Å². The van der Waals surface area contributed by atoms with Crippen molar-refractivity contribution in [3.63, 3.8) is 0 Å². The number of ether oxygens (including phenoxy) is 2. The van der Waals surface area contributed by atoms with E-state index in [2.05, 4.69) is 17.6 Å². The summed E-state index contributed by atoms with van der Waals surface area (Å²) in [6, 6.07) is 25.1. The van der Waals surface area contributed by atoms with Crippen LogP contribution in [0.25, 0.3) is 5.70 Å². The average molecular weight is 542 g/mol. The summed E-state index contributed by atoms with van der Waals surface area (Å²) < 4.78 is 11.0. The predicted octanol–water partition coefficient (Wildman–Crippen LogP) is 5.68. The Hall–Kier alpha value is -4.43. The number of unbranched alkanes of at least 4 members (excludes halogenated alkanes) is 1. The third-order valence-electron chi connectivity index (χ3n) is 6.45. The Morgan fingerprint density at radius 2 is 1.68 bits per heavy atom. The van der Waals surface area contributed by atoms with Crippen LogP contribution in [0.5, 0.6) is 0 Å². The van der Waals surface area contributed by atoms with E-state index in [-0.39, 0.29) is 25.2 Å². The fraction of sp³-hybridized carbons (Fsp3) is 0.281. The van der Waals surface area contributed by atoms with Crippen LogP contribution in [0.1, 0.15) is 49.4 Å². The molecule has 1 aliphatic rings. The Labute approximate surface area is 235 Å². The summed E-state index contributed by atoms with van der Waals surface area (Å²) in [7, 11) is 0. The van der Waals surface area contributed by atoms with Crippen molar-refractivity contribution in [2.24, 2.45) is 0 Å². The third-order valence-corrected chi connectivity index (χ3v) is 6.45. The van der Waals surface area contributed by atoms with Gasteiger partial charge in [0.1, 0.15) is 6.61 Å². The summed E-state index contributed by atoms with van der Waals surface area (Å²) in [6.45, 7) is 4.67. The molecule has 0 fully saturated rings. The van der Waals surface area contributed by atoms with E-state index in [1.54, 1.807) is 30.0 Å². The lowest BCUT2D eigenvalue weighted by molar-refractivity contribution is -0.139. The number of esters is 1. The van der Waals surface area contributed by atoms with Gasteiger partial charge < -0.3 is 20.1 Å². The fourth-order valence-corrected chi connectivity index (χ4v) is 4.60. The molecule has 0 bridgehead atoms. The molecule has 0 radical (unpaired) electrons. The highest BCUT2D eigenvalue weighted by Gasteiger charge is 2.38. The van der Waals surface area contributed by atoms with Gasteiger partial charge in [-0.2, -0.15) is 0 Å². The molecular weight excluding hydrogens is 506 g/mol. The largest absolute Gasteiger partial charge is 0.463 e. The average Bonchev–Trinajstić information content (AvgIpc) is 2.97. The van der Waals surface area contributed by atoms with Crippen molar-refractivity contribution in [2.45, 2.75) is 39.3 Å². The molecule has 40 heavy (non-hydrogen) atoms. The molecule has 4 rings (SSSR count). The zero-order valence-electron chi connectivity index (χ0n) is 22.9. The van der Waals surface area contributed by atoms with Crippen molar-refractivity contribution >= 4 is 29.3 Å². The van der Waals surface area contributed by atoms with Crippen molar-refractivity contribution in [2.75, 3.05) is 25.1 Å². The molecular formula is C32H35N3O5. The smallest absolute Gasteiger partial charge is 0.338 e. The van der Waals surface area contributed by atoms with Gasteiger partial charge in [0.25, 0.3) is 0 Å². The molecule has 0 spiro atoms. The van der Waals surface area contributed by atoms with E-state index in [0.29, 0.717) is 35.7 Å². The first-order valence-electron chi connectivity index (χ1n) is 13.6. The molecule has 8 heteroatoms. The van der Waals surface area contributed by atoms with Gasteiger partial charge in [-0.15, -0.1) is 0 Å². The summed E-state index contributed by atoms with van der Waals surface area (Å²) in [4.78, 5) is 41.1. The standard InChI is InChI=1S/C32H35N3O5/c1-3-5-19-35-30(24-15-10-7-11-16-24)28(31(37)40-4-2)29(34-32(35)38)25-17-12-18-26(20-25)33-27(36)22-39-21-23-13-8-6-9-14-23/h6-18,20,29H,3-5,19,21-22H2,1-2H3,(H,33,36)(H,34,38). The van der Waals surface area contributed by atoms with Gasteiger partial charge >= 0.3 is 12.0 Å². The second-order valence-corrected chi connectivity index (χ2v) is 9.39. The number of carbonyl (C=O) groups is 3. The van der Waals surface area contributed by atoms with E-state index < -0.39 is 12.0 Å². The van der Waals surface area contributed by atoms with Crippen molar-refractivity contribution < 1.29 is 23.9 Å². The van der Waals surface area contributed by atoms with E-state index in [0.717, 1.165) is 24.0 Å². The first-order valence-corrected chi connectivity index (χ1v) is 13.6. The number of carbonyl (C=O) groups excluding carboxylic acids is 3. The quantitative estimate of drug-likeness (QED) is 0.288. The van der Waals surface area contributed by atoms with Gasteiger partial charge in [0.15, 0.2) is 0 Å². The lowest BCUT2D eigenvalue weighted by atomic mass is 9.91. The molecule has 3 aromatic rings. The third kappa shape index (κ3) is 7.15. The molecule has 3 amide bonds. The Bertz CT molecular complexity index is 1340. The highest BCUT2D eigenvalue weighted by molar-refractivity contribution is 6.04. The van der Waals surface area contributed by atoms with E-state index in [1.165, 1.54) is 0 Å². The molecule has 1 aliphatic heterocycles. The summed E-state index contributed by atoms with van der Waals surface area (Å²) in [6.07, 6.45) is 1.67. The van der Waals surface area contributed by atoms with E-state index in [1.807, 2.05) is 66.7 Å². The number of amides is 3. The molecule has 0 saturated carbocycles. The van der Waals surface area contributed by atoms with Crippen molar-refractivity contribution in [1.29, 1.82) is 0 Å². The summed E-state index contributed by atoms with van der Waals surface area (Å²) in [5.41, 5.74) is 3.77. The summed E-state index contributed by atoms with van der Waals surface area (Å²) >= 11 is 0. The van der Waals surface area contributed by atoms with Gasteiger partial charge in [-0.1, -0.05) is 86.1 Å². The van der Waals surface area contributed by atoms with Gasteiger partial charge in [0.2, 0.25) is 5.91 Å². The molecule has 208 valence electrons. The monoisotopic (exact) mass is 541 g/mol. The van der Waals surface area contributed by atoms with Crippen molar-refractivity contribution in [3.8, 4) is 0 Å². The Morgan fingerprint density at radius 1 is 0.950 bits per heavy atom. The zero-order chi connectivity index (χ0) is 28.3. The number of urea groups is 1. The maximum Gasteiger partial charge on any atom is 0.338 e. The molecule has 3 aromatic carbocycles. The Balaban J connectivity index is 1.63. The number of nitrogens with one attached hydrogen (secondary N) is 2. The lowest BCUT2D eigenvalue weighted by Gasteiger charge is -2.37. The Kier molecular flexibility index (Phi) is 10.1. The summed E-state index contributed by atoms with van der Waals surface area (Å²) in [5, 5.41) is 5.85. The molecule has 1 atom stereocenters. The van der Waals surface area contributed by atoms with Gasteiger partial charge in [0.05, 0.1) is 30.5 Å². The van der Waals surface area contributed by atoms with Crippen LogP contribution in [0.2, 0.25) is 0 Å². The van der Waals surface area contributed by atoms with Crippen LogP contribution in [0.4, 0.5) is 10.5 Å². The maximum absolute atomic E-state index is 13.4.